The predicted octanol–water partition coefficient (Wildman–Crippen LogP) is 5.02. The van der Waals surface area contributed by atoms with Crippen molar-refractivity contribution in [3.63, 3.8) is 0 Å². The van der Waals surface area contributed by atoms with Crippen LogP contribution < -0.4 is 5.32 Å². The Morgan fingerprint density at radius 1 is 1.04 bits per heavy atom. The molecule has 3 nitrogen and oxygen atoms in total. The van der Waals surface area contributed by atoms with E-state index < -0.39 is 5.41 Å². The van der Waals surface area contributed by atoms with Crippen molar-refractivity contribution >= 4 is 17.7 Å². The first-order chi connectivity index (χ1) is 13.7. The smallest absolute Gasteiger partial charge is 0.239 e. The highest BCUT2D eigenvalue weighted by molar-refractivity contribution is 7.98. The van der Waals surface area contributed by atoms with Crippen molar-refractivity contribution in [3.8, 4) is 29.0 Å². The van der Waals surface area contributed by atoms with Gasteiger partial charge >= 0.3 is 0 Å². The van der Waals surface area contributed by atoms with Crippen LogP contribution in [-0.2, 0) is 4.79 Å². The van der Waals surface area contributed by atoms with Crippen molar-refractivity contribution < 1.29 is 4.79 Å². The van der Waals surface area contributed by atoms with Gasteiger partial charge in [0.15, 0.2) is 0 Å². The molecule has 4 heteroatoms. The lowest BCUT2D eigenvalue weighted by Gasteiger charge is -2.30. The van der Waals surface area contributed by atoms with Crippen LogP contribution >= 0.6 is 11.8 Å². The zero-order valence-electron chi connectivity index (χ0n) is 16.1. The second kappa shape index (κ2) is 9.49. The lowest BCUT2D eigenvalue weighted by atomic mass is 9.73. The molecule has 28 heavy (non-hydrogen) atoms. The summed E-state index contributed by atoms with van der Waals surface area (Å²) >= 11 is 1.73. The number of nitrogens with one attached hydrogen (secondary N) is 1. The number of benzene rings is 2. The maximum Gasteiger partial charge on any atom is 0.239 e. The summed E-state index contributed by atoms with van der Waals surface area (Å²) in [5.74, 6) is 6.37. The highest BCUT2D eigenvalue weighted by Crippen LogP contribution is 2.36. The first kappa shape index (κ1) is 20.1. The van der Waals surface area contributed by atoms with Gasteiger partial charge in [-0.25, -0.2) is 0 Å². The number of amides is 1. The summed E-state index contributed by atoms with van der Waals surface area (Å²) in [7, 11) is 0. The van der Waals surface area contributed by atoms with E-state index in [0.29, 0.717) is 0 Å². The second-order valence-electron chi connectivity index (χ2n) is 7.04. The lowest BCUT2D eigenvalue weighted by molar-refractivity contribution is -0.129. The van der Waals surface area contributed by atoms with Crippen LogP contribution in [0.2, 0.25) is 0 Å². The van der Waals surface area contributed by atoms with Gasteiger partial charge < -0.3 is 5.32 Å². The largest absolute Gasteiger partial charge is 0.342 e. The quantitative estimate of drug-likeness (QED) is 0.455. The Morgan fingerprint density at radius 3 is 2.21 bits per heavy atom. The van der Waals surface area contributed by atoms with Crippen molar-refractivity contribution in [2.24, 2.45) is 5.41 Å². The molecule has 1 N–H and O–H groups in total. The SMILES string of the molecule is CSc1ccc(-c2ccc(C#CC3(C(=O)NCC#N)CCCCC3)cc2)cc1. The molecule has 1 aliphatic rings. The molecule has 0 radical (unpaired) electrons. The molecule has 2 aromatic carbocycles. The van der Waals surface area contributed by atoms with E-state index in [9.17, 15) is 4.79 Å². The molecular formula is C24H24N2OS. The minimum Gasteiger partial charge on any atom is -0.342 e. The molecule has 0 bridgehead atoms. The zero-order chi connectivity index (χ0) is 19.8. The maximum atomic E-state index is 12.6. The van der Waals surface area contributed by atoms with Gasteiger partial charge in [0.1, 0.15) is 12.0 Å². The standard InChI is InChI=1S/C24H24N2OS/c1-28-22-11-9-21(10-12-22)20-7-5-19(6-8-20)13-16-24(14-3-2-4-15-24)23(27)26-18-17-25/h5-12H,2-4,14-15,18H2,1H3,(H,26,27). The van der Waals surface area contributed by atoms with Gasteiger partial charge in [0.2, 0.25) is 5.91 Å². The Labute approximate surface area is 171 Å². The number of carbonyl (C=O) groups is 1. The van der Waals surface area contributed by atoms with E-state index in [2.05, 4.69) is 59.8 Å². The number of thioether (sulfide) groups is 1. The fraction of sp³-hybridized carbons (Fsp3) is 0.333. The minimum atomic E-state index is -0.665. The number of rotatable bonds is 4. The summed E-state index contributed by atoms with van der Waals surface area (Å²) < 4.78 is 0. The van der Waals surface area contributed by atoms with Crippen molar-refractivity contribution in [3.05, 3.63) is 54.1 Å². The fourth-order valence-electron chi connectivity index (χ4n) is 3.57. The van der Waals surface area contributed by atoms with Crippen LogP contribution in [-0.4, -0.2) is 18.7 Å². The molecule has 142 valence electrons. The van der Waals surface area contributed by atoms with Gasteiger partial charge in [-0.05, 0) is 54.5 Å². The van der Waals surface area contributed by atoms with Gasteiger partial charge in [-0.3, -0.25) is 4.79 Å². The number of hydrogen-bond donors (Lipinski definition) is 1. The Hall–Kier alpha value is -2.69. The first-order valence-corrected chi connectivity index (χ1v) is 10.8. The maximum absolute atomic E-state index is 12.6. The summed E-state index contributed by atoms with van der Waals surface area (Å²) in [6.07, 6.45) is 6.73. The van der Waals surface area contributed by atoms with Gasteiger partial charge in [-0.15, -0.1) is 11.8 Å². The zero-order valence-corrected chi connectivity index (χ0v) is 16.9. The molecule has 0 spiro atoms. The normalized spacial score (nSPS) is 15.0. The number of nitriles is 1. The molecule has 3 rings (SSSR count). The third-order valence-electron chi connectivity index (χ3n) is 5.22. The van der Waals surface area contributed by atoms with E-state index in [1.165, 1.54) is 10.5 Å². The molecule has 1 aliphatic carbocycles. The van der Waals surface area contributed by atoms with Crippen molar-refractivity contribution in [2.45, 2.75) is 37.0 Å². The molecule has 0 atom stereocenters. The fourth-order valence-corrected chi connectivity index (χ4v) is 3.98. The summed E-state index contributed by atoms with van der Waals surface area (Å²) in [4.78, 5) is 13.9. The van der Waals surface area contributed by atoms with Gasteiger partial charge in [-0.2, -0.15) is 5.26 Å². The number of carbonyl (C=O) groups excluding carboxylic acids is 1. The Bertz CT molecular complexity index is 908. The van der Waals surface area contributed by atoms with Crippen LogP contribution in [0.15, 0.2) is 53.4 Å². The summed E-state index contributed by atoms with van der Waals surface area (Å²) in [5, 5.41) is 11.5. The van der Waals surface area contributed by atoms with E-state index in [4.69, 9.17) is 5.26 Å². The monoisotopic (exact) mass is 388 g/mol. The first-order valence-electron chi connectivity index (χ1n) is 9.60. The molecule has 0 aliphatic heterocycles. The Kier molecular flexibility index (Phi) is 6.80. The van der Waals surface area contributed by atoms with Crippen LogP contribution in [0.5, 0.6) is 0 Å². The molecule has 0 aromatic heterocycles. The van der Waals surface area contributed by atoms with Crippen LogP contribution in [0.1, 0.15) is 37.7 Å². The molecule has 2 aromatic rings. The highest BCUT2D eigenvalue weighted by Gasteiger charge is 2.37. The molecule has 0 heterocycles. The summed E-state index contributed by atoms with van der Waals surface area (Å²) in [6.45, 7) is 0.0340. The van der Waals surface area contributed by atoms with Gasteiger partial charge in [-0.1, -0.05) is 55.4 Å². The average molecular weight is 389 g/mol. The predicted molar refractivity (Wildman–Crippen MR) is 115 cm³/mol. The number of nitrogens with zero attached hydrogens (tertiary/aromatic N) is 1. The van der Waals surface area contributed by atoms with E-state index in [-0.39, 0.29) is 12.5 Å². The highest BCUT2D eigenvalue weighted by atomic mass is 32.2. The molecule has 0 unspecified atom stereocenters. The van der Waals surface area contributed by atoms with E-state index in [1.54, 1.807) is 11.8 Å². The molecule has 1 amide bonds. The van der Waals surface area contributed by atoms with Crippen LogP contribution in [0.4, 0.5) is 0 Å². The third-order valence-corrected chi connectivity index (χ3v) is 5.97. The van der Waals surface area contributed by atoms with Crippen LogP contribution in [0.25, 0.3) is 11.1 Å². The number of hydrogen-bond acceptors (Lipinski definition) is 3. The molecule has 0 saturated heterocycles. The minimum absolute atomic E-state index is 0.0340. The van der Waals surface area contributed by atoms with Gasteiger partial charge in [0.25, 0.3) is 0 Å². The van der Waals surface area contributed by atoms with Crippen LogP contribution in [0, 0.1) is 28.6 Å². The van der Waals surface area contributed by atoms with Gasteiger partial charge in [0, 0.05) is 10.5 Å². The molecule has 1 saturated carbocycles. The third kappa shape index (κ3) is 4.77. The van der Waals surface area contributed by atoms with Crippen molar-refractivity contribution in [1.82, 2.24) is 5.32 Å². The van der Waals surface area contributed by atoms with E-state index in [0.717, 1.165) is 43.2 Å². The van der Waals surface area contributed by atoms with E-state index >= 15 is 0 Å². The van der Waals surface area contributed by atoms with E-state index in [1.807, 2.05) is 18.2 Å². The van der Waals surface area contributed by atoms with Crippen LogP contribution in [0.3, 0.4) is 0 Å². The molecule has 1 fully saturated rings. The summed E-state index contributed by atoms with van der Waals surface area (Å²) in [6, 6.07) is 18.6. The van der Waals surface area contributed by atoms with Crippen molar-refractivity contribution in [1.29, 1.82) is 5.26 Å². The lowest BCUT2D eigenvalue weighted by Crippen LogP contribution is -2.41. The van der Waals surface area contributed by atoms with Gasteiger partial charge in [0.05, 0.1) is 6.07 Å². The Balaban J connectivity index is 1.79. The van der Waals surface area contributed by atoms with Crippen molar-refractivity contribution in [2.75, 3.05) is 12.8 Å². The summed E-state index contributed by atoms with van der Waals surface area (Å²) in [5.41, 5.74) is 2.57. The topological polar surface area (TPSA) is 52.9 Å². The Morgan fingerprint density at radius 2 is 1.64 bits per heavy atom. The second-order valence-corrected chi connectivity index (χ2v) is 7.92. The average Bonchev–Trinajstić information content (AvgIpc) is 2.77. The molecular weight excluding hydrogens is 364 g/mol.